The molecule has 124 valence electrons. The van der Waals surface area contributed by atoms with E-state index in [1.165, 1.54) is 0 Å². The first kappa shape index (κ1) is 19.8. The molecular formula is C13H24O8. The maximum absolute atomic E-state index is 11.3. The first-order valence-corrected chi connectivity index (χ1v) is 6.67. The van der Waals surface area contributed by atoms with Crippen LogP contribution in [-0.2, 0) is 23.8 Å². The predicted octanol–water partition coefficient (Wildman–Crippen LogP) is -0.445. The summed E-state index contributed by atoms with van der Waals surface area (Å²) in [6.45, 7) is 7.42. The van der Waals surface area contributed by atoms with Crippen molar-refractivity contribution in [3.63, 3.8) is 0 Å². The molecule has 0 rings (SSSR count). The average molecular weight is 308 g/mol. The Labute approximate surface area is 123 Å². The van der Waals surface area contributed by atoms with Gasteiger partial charge in [-0.05, 0) is 27.7 Å². The molecule has 0 aromatic carbocycles. The molecule has 0 bridgehead atoms. The van der Waals surface area contributed by atoms with Crippen LogP contribution in [0.5, 0.6) is 0 Å². The Balaban J connectivity index is 3.99. The van der Waals surface area contributed by atoms with E-state index in [4.69, 9.17) is 19.7 Å². The second kappa shape index (κ2) is 9.67. The number of rotatable bonds is 10. The van der Waals surface area contributed by atoms with Gasteiger partial charge in [0.1, 0.15) is 6.61 Å². The van der Waals surface area contributed by atoms with E-state index in [1.54, 1.807) is 6.92 Å². The van der Waals surface area contributed by atoms with E-state index in [0.29, 0.717) is 6.61 Å². The molecule has 4 atom stereocenters. The van der Waals surface area contributed by atoms with Crippen LogP contribution in [0.15, 0.2) is 0 Å². The molecular weight excluding hydrogens is 284 g/mol. The fourth-order valence-electron chi connectivity index (χ4n) is 1.40. The normalized spacial score (nSPS) is 17.1. The van der Waals surface area contributed by atoms with Crippen LogP contribution < -0.4 is 0 Å². The summed E-state index contributed by atoms with van der Waals surface area (Å²) in [4.78, 5) is 21.7. The zero-order valence-electron chi connectivity index (χ0n) is 12.7. The molecule has 0 aliphatic heterocycles. The lowest BCUT2D eigenvalue weighted by molar-refractivity contribution is -0.172. The molecule has 0 aliphatic rings. The minimum absolute atomic E-state index is 0.0735. The molecule has 8 nitrogen and oxygen atoms in total. The maximum atomic E-state index is 11.3. The Morgan fingerprint density at radius 3 is 2.00 bits per heavy atom. The molecule has 0 radical (unpaired) electrons. The third kappa shape index (κ3) is 8.61. The summed E-state index contributed by atoms with van der Waals surface area (Å²) in [6, 6.07) is 0. The van der Waals surface area contributed by atoms with Crippen LogP contribution in [0.1, 0.15) is 27.7 Å². The minimum Gasteiger partial charge on any atom is -0.479 e. The molecule has 0 amide bonds. The van der Waals surface area contributed by atoms with E-state index in [-0.39, 0.29) is 18.8 Å². The Morgan fingerprint density at radius 2 is 1.52 bits per heavy atom. The van der Waals surface area contributed by atoms with E-state index in [2.05, 4.69) is 4.74 Å². The van der Waals surface area contributed by atoms with Gasteiger partial charge >= 0.3 is 11.9 Å². The Morgan fingerprint density at radius 1 is 0.952 bits per heavy atom. The van der Waals surface area contributed by atoms with Crippen molar-refractivity contribution >= 4 is 11.9 Å². The maximum Gasteiger partial charge on any atom is 0.338 e. The number of esters is 1. The van der Waals surface area contributed by atoms with Gasteiger partial charge in [0.15, 0.2) is 12.2 Å². The average Bonchev–Trinajstić information content (AvgIpc) is 2.39. The van der Waals surface area contributed by atoms with Gasteiger partial charge in [-0.15, -0.1) is 0 Å². The van der Waals surface area contributed by atoms with Gasteiger partial charge in [0.2, 0.25) is 0 Å². The van der Waals surface area contributed by atoms with Crippen LogP contribution >= 0.6 is 0 Å². The molecule has 0 aliphatic carbocycles. The van der Waals surface area contributed by atoms with E-state index in [1.807, 2.05) is 20.8 Å². The topological polar surface area (TPSA) is 123 Å². The van der Waals surface area contributed by atoms with Gasteiger partial charge in [-0.25, -0.2) is 9.59 Å². The molecule has 0 aromatic rings. The third-order valence-corrected chi connectivity index (χ3v) is 2.37. The van der Waals surface area contributed by atoms with Crippen molar-refractivity contribution in [2.75, 3.05) is 13.2 Å². The molecule has 8 heteroatoms. The fourth-order valence-corrected chi connectivity index (χ4v) is 1.40. The number of hydrogen-bond donors (Lipinski definition) is 3. The van der Waals surface area contributed by atoms with Crippen molar-refractivity contribution in [3.8, 4) is 0 Å². The smallest absolute Gasteiger partial charge is 0.338 e. The Kier molecular flexibility index (Phi) is 9.11. The number of carboxylic acids is 1. The van der Waals surface area contributed by atoms with Gasteiger partial charge in [-0.3, -0.25) is 0 Å². The Bertz CT molecular complexity index is 330. The molecule has 4 unspecified atom stereocenters. The van der Waals surface area contributed by atoms with E-state index in [9.17, 15) is 14.7 Å². The van der Waals surface area contributed by atoms with Crippen LogP contribution in [0.2, 0.25) is 0 Å². The minimum atomic E-state index is -2.21. The number of carbonyl (C=O) groups is 2. The monoisotopic (exact) mass is 308 g/mol. The van der Waals surface area contributed by atoms with E-state index in [0.717, 1.165) is 0 Å². The highest BCUT2D eigenvalue weighted by Crippen LogP contribution is 2.03. The highest BCUT2D eigenvalue weighted by atomic mass is 16.6. The molecule has 0 spiro atoms. The van der Waals surface area contributed by atoms with Crippen molar-refractivity contribution in [2.45, 2.75) is 58.2 Å². The Hall–Kier alpha value is -1.22. The van der Waals surface area contributed by atoms with Gasteiger partial charge < -0.3 is 29.5 Å². The second-order valence-electron chi connectivity index (χ2n) is 5.00. The molecule has 3 N–H and O–H groups in total. The SMILES string of the molecule is CC(C)OC(C)COC(C)COC(=O)C(O)C(O)C(=O)O. The largest absolute Gasteiger partial charge is 0.479 e. The molecule has 21 heavy (non-hydrogen) atoms. The lowest BCUT2D eigenvalue weighted by atomic mass is 10.2. The number of aliphatic hydroxyl groups excluding tert-OH is 2. The highest BCUT2D eigenvalue weighted by molar-refractivity contribution is 5.84. The fraction of sp³-hybridized carbons (Fsp3) is 0.846. The summed E-state index contributed by atoms with van der Waals surface area (Å²) >= 11 is 0. The van der Waals surface area contributed by atoms with Crippen molar-refractivity contribution in [2.24, 2.45) is 0 Å². The third-order valence-electron chi connectivity index (χ3n) is 2.37. The van der Waals surface area contributed by atoms with Gasteiger partial charge in [-0.2, -0.15) is 0 Å². The van der Waals surface area contributed by atoms with Crippen molar-refractivity contribution in [1.29, 1.82) is 0 Å². The summed E-state index contributed by atoms with van der Waals surface area (Å²) in [5, 5.41) is 26.7. The molecule has 0 saturated carbocycles. The highest BCUT2D eigenvalue weighted by Gasteiger charge is 2.31. The van der Waals surface area contributed by atoms with Crippen molar-refractivity contribution < 1.29 is 39.1 Å². The van der Waals surface area contributed by atoms with Gasteiger partial charge in [0, 0.05) is 0 Å². The van der Waals surface area contributed by atoms with Crippen LogP contribution in [0.4, 0.5) is 0 Å². The number of carbonyl (C=O) groups excluding carboxylic acids is 1. The van der Waals surface area contributed by atoms with E-state index >= 15 is 0 Å². The quantitative estimate of drug-likeness (QED) is 0.464. The van der Waals surface area contributed by atoms with E-state index < -0.39 is 30.3 Å². The first-order valence-electron chi connectivity index (χ1n) is 6.67. The standard InChI is InChI=1S/C13H24O8/c1-7(2)21-9(4)6-19-8(3)5-20-13(18)11(15)10(14)12(16)17/h7-11,14-15H,5-6H2,1-4H3,(H,16,17). The molecule has 0 fully saturated rings. The first-order chi connectivity index (χ1) is 9.65. The lowest BCUT2D eigenvalue weighted by Crippen LogP contribution is -2.41. The summed E-state index contributed by atoms with van der Waals surface area (Å²) in [7, 11) is 0. The zero-order valence-corrected chi connectivity index (χ0v) is 12.7. The van der Waals surface area contributed by atoms with Crippen molar-refractivity contribution in [1.82, 2.24) is 0 Å². The number of aliphatic hydroxyl groups is 2. The predicted molar refractivity (Wildman–Crippen MR) is 71.7 cm³/mol. The summed E-state index contributed by atoms with van der Waals surface area (Å²) in [5.41, 5.74) is 0. The van der Waals surface area contributed by atoms with Crippen LogP contribution in [0.3, 0.4) is 0 Å². The van der Waals surface area contributed by atoms with Crippen LogP contribution in [0.25, 0.3) is 0 Å². The molecule has 0 aromatic heterocycles. The number of hydrogen-bond acceptors (Lipinski definition) is 7. The second-order valence-corrected chi connectivity index (χ2v) is 5.00. The lowest BCUT2D eigenvalue weighted by Gasteiger charge is -2.20. The number of carboxylic acid groups (broad SMARTS) is 1. The van der Waals surface area contributed by atoms with Gasteiger partial charge in [-0.1, -0.05) is 0 Å². The number of ether oxygens (including phenoxy) is 3. The van der Waals surface area contributed by atoms with Gasteiger partial charge in [0.25, 0.3) is 0 Å². The van der Waals surface area contributed by atoms with Crippen LogP contribution in [0, 0.1) is 0 Å². The molecule has 0 heterocycles. The zero-order chi connectivity index (χ0) is 16.6. The van der Waals surface area contributed by atoms with Crippen molar-refractivity contribution in [3.05, 3.63) is 0 Å². The molecule has 0 saturated heterocycles. The summed E-state index contributed by atoms with van der Waals surface area (Å²) < 4.78 is 15.5. The van der Waals surface area contributed by atoms with Gasteiger partial charge in [0.05, 0.1) is 24.9 Å². The summed E-state index contributed by atoms with van der Waals surface area (Å²) in [5.74, 6) is -2.92. The van der Waals surface area contributed by atoms with Crippen LogP contribution in [-0.4, -0.2) is 71.0 Å². The number of aliphatic carboxylic acids is 1. The summed E-state index contributed by atoms with van der Waals surface area (Å²) in [6.07, 6.45) is -4.85.